The van der Waals surface area contributed by atoms with Gasteiger partial charge in [0.15, 0.2) is 11.6 Å². The third-order valence-corrected chi connectivity index (χ3v) is 4.20. The van der Waals surface area contributed by atoms with Crippen LogP contribution < -0.4 is 9.64 Å². The van der Waals surface area contributed by atoms with Crippen molar-refractivity contribution in [2.45, 2.75) is 19.1 Å². The van der Waals surface area contributed by atoms with Crippen LogP contribution in [0, 0.1) is 0 Å². The molecule has 118 valence electrons. The van der Waals surface area contributed by atoms with Crippen molar-refractivity contribution in [2.24, 2.45) is 4.99 Å². The molecular formula is C18H19N3O2. The van der Waals surface area contributed by atoms with Crippen molar-refractivity contribution >= 4 is 17.9 Å². The van der Waals surface area contributed by atoms with Crippen LogP contribution in [0.5, 0.6) is 5.75 Å². The molecule has 0 aliphatic carbocycles. The Morgan fingerprint density at radius 2 is 2.00 bits per heavy atom. The van der Waals surface area contributed by atoms with Crippen molar-refractivity contribution in [1.29, 1.82) is 0 Å². The summed E-state index contributed by atoms with van der Waals surface area (Å²) in [6.45, 7) is 4.06. The average molecular weight is 309 g/mol. The van der Waals surface area contributed by atoms with Gasteiger partial charge in [-0.25, -0.2) is 9.98 Å². The Morgan fingerprint density at radius 3 is 2.87 bits per heavy atom. The first-order valence-corrected chi connectivity index (χ1v) is 7.91. The van der Waals surface area contributed by atoms with Crippen molar-refractivity contribution in [1.82, 2.24) is 4.98 Å². The number of anilines is 1. The molecule has 1 fully saturated rings. The van der Waals surface area contributed by atoms with Gasteiger partial charge in [-0.15, -0.1) is 0 Å². The van der Waals surface area contributed by atoms with Gasteiger partial charge in [-0.1, -0.05) is 30.3 Å². The van der Waals surface area contributed by atoms with E-state index >= 15 is 0 Å². The highest BCUT2D eigenvalue weighted by Gasteiger charge is 2.29. The van der Waals surface area contributed by atoms with E-state index in [1.54, 1.807) is 6.21 Å². The normalized spacial score (nSPS) is 23.3. The Bertz CT molecular complexity index is 717. The average Bonchev–Trinajstić information content (AvgIpc) is 2.62. The van der Waals surface area contributed by atoms with Gasteiger partial charge in [0.25, 0.3) is 0 Å². The zero-order valence-electron chi connectivity index (χ0n) is 13.1. The van der Waals surface area contributed by atoms with Gasteiger partial charge >= 0.3 is 0 Å². The zero-order valence-corrected chi connectivity index (χ0v) is 13.1. The second-order valence-corrected chi connectivity index (χ2v) is 5.84. The van der Waals surface area contributed by atoms with Gasteiger partial charge in [-0.05, 0) is 24.6 Å². The molecule has 2 unspecified atom stereocenters. The van der Waals surface area contributed by atoms with Crippen molar-refractivity contribution in [3.63, 3.8) is 0 Å². The second-order valence-electron chi connectivity index (χ2n) is 5.84. The van der Waals surface area contributed by atoms with Crippen LogP contribution in [0.2, 0.25) is 0 Å². The molecule has 0 amide bonds. The number of rotatable bonds is 2. The highest BCUT2D eigenvalue weighted by atomic mass is 16.5. The van der Waals surface area contributed by atoms with Crippen LogP contribution in [-0.2, 0) is 4.74 Å². The fraction of sp³-hybridized carbons (Fsp3) is 0.333. The highest BCUT2D eigenvalue weighted by molar-refractivity contribution is 5.69. The van der Waals surface area contributed by atoms with E-state index in [0.717, 1.165) is 18.1 Å². The molecule has 2 aliphatic rings. The van der Waals surface area contributed by atoms with Crippen LogP contribution in [0.3, 0.4) is 0 Å². The van der Waals surface area contributed by atoms with Gasteiger partial charge in [0.05, 0.1) is 18.8 Å². The molecule has 0 bridgehead atoms. The van der Waals surface area contributed by atoms with E-state index in [9.17, 15) is 0 Å². The molecule has 23 heavy (non-hydrogen) atoms. The summed E-state index contributed by atoms with van der Waals surface area (Å²) < 4.78 is 11.4. The largest absolute Gasteiger partial charge is 0.484 e. The smallest absolute Gasteiger partial charge is 0.196 e. The Morgan fingerprint density at radius 1 is 1.13 bits per heavy atom. The zero-order chi connectivity index (χ0) is 15.6. The molecule has 1 aromatic heterocycles. The minimum absolute atomic E-state index is 0.159. The topological polar surface area (TPSA) is 47.0 Å². The van der Waals surface area contributed by atoms with Gasteiger partial charge in [0.1, 0.15) is 12.4 Å². The number of pyridine rings is 1. The minimum Gasteiger partial charge on any atom is -0.484 e. The predicted octanol–water partition coefficient (Wildman–Crippen LogP) is 3.14. The molecule has 4 rings (SSSR count). The predicted molar refractivity (Wildman–Crippen MR) is 89.8 cm³/mol. The molecule has 0 radical (unpaired) electrons. The Kier molecular flexibility index (Phi) is 3.71. The first kappa shape index (κ1) is 14.2. The van der Waals surface area contributed by atoms with Crippen LogP contribution >= 0.6 is 0 Å². The second kappa shape index (κ2) is 6.01. The number of aliphatic imine (C=N–C) groups is 1. The lowest BCUT2D eigenvalue weighted by Crippen LogP contribution is -2.44. The van der Waals surface area contributed by atoms with Gasteiger partial charge < -0.3 is 14.4 Å². The van der Waals surface area contributed by atoms with Crippen molar-refractivity contribution in [3.8, 4) is 5.75 Å². The van der Waals surface area contributed by atoms with Crippen molar-refractivity contribution in [3.05, 3.63) is 48.0 Å². The number of nitrogens with zero attached hydrogens (tertiary/aromatic N) is 3. The number of ether oxygens (including phenoxy) is 2. The van der Waals surface area contributed by atoms with Crippen molar-refractivity contribution in [2.75, 3.05) is 24.7 Å². The van der Waals surface area contributed by atoms with Crippen LogP contribution in [-0.4, -0.2) is 37.1 Å². The van der Waals surface area contributed by atoms with Gasteiger partial charge in [0.2, 0.25) is 0 Å². The quantitative estimate of drug-likeness (QED) is 0.855. The summed E-state index contributed by atoms with van der Waals surface area (Å²) in [5.74, 6) is 2.31. The third kappa shape index (κ3) is 2.80. The SMILES string of the molecule is CC1CN(c2ccc3c(n2)N=CCO3)C(c2ccccc2)CO1. The van der Waals surface area contributed by atoms with Crippen LogP contribution in [0.25, 0.3) is 0 Å². The molecule has 2 atom stereocenters. The Labute approximate surface area is 135 Å². The maximum absolute atomic E-state index is 5.89. The first-order valence-electron chi connectivity index (χ1n) is 7.91. The molecule has 5 nitrogen and oxygen atoms in total. The molecule has 1 aromatic carbocycles. The maximum atomic E-state index is 5.89. The molecular weight excluding hydrogens is 290 g/mol. The summed E-state index contributed by atoms with van der Waals surface area (Å²) >= 11 is 0. The molecule has 0 N–H and O–H groups in total. The summed E-state index contributed by atoms with van der Waals surface area (Å²) in [5.41, 5.74) is 1.23. The fourth-order valence-corrected chi connectivity index (χ4v) is 3.05. The maximum Gasteiger partial charge on any atom is 0.196 e. The lowest BCUT2D eigenvalue weighted by molar-refractivity contribution is 0.0300. The van der Waals surface area contributed by atoms with Crippen LogP contribution in [0.4, 0.5) is 11.6 Å². The van der Waals surface area contributed by atoms with E-state index < -0.39 is 0 Å². The number of fused-ring (bicyclic) bond motifs is 1. The van der Waals surface area contributed by atoms with E-state index in [1.165, 1.54) is 5.56 Å². The molecule has 0 saturated carbocycles. The molecule has 5 heteroatoms. The number of hydrogen-bond acceptors (Lipinski definition) is 5. The number of hydrogen-bond donors (Lipinski definition) is 0. The fourth-order valence-electron chi connectivity index (χ4n) is 3.05. The summed E-state index contributed by atoms with van der Waals surface area (Å²) in [5, 5.41) is 0. The molecule has 1 saturated heterocycles. The molecule has 2 aliphatic heterocycles. The minimum atomic E-state index is 0.159. The Hall–Kier alpha value is -2.40. The highest BCUT2D eigenvalue weighted by Crippen LogP contribution is 2.35. The van der Waals surface area contributed by atoms with Gasteiger partial charge in [-0.3, -0.25) is 0 Å². The molecule has 3 heterocycles. The van der Waals surface area contributed by atoms with Crippen LogP contribution in [0.15, 0.2) is 47.5 Å². The lowest BCUT2D eigenvalue weighted by atomic mass is 10.0. The summed E-state index contributed by atoms with van der Waals surface area (Å²) in [7, 11) is 0. The lowest BCUT2D eigenvalue weighted by Gasteiger charge is -2.40. The van der Waals surface area contributed by atoms with Crippen LogP contribution in [0.1, 0.15) is 18.5 Å². The number of aromatic nitrogens is 1. The standard InChI is InChI=1S/C18H19N3O2/c1-13-11-21(15(12-23-13)14-5-3-2-4-6-14)17-8-7-16-18(20-17)19-9-10-22-16/h2-9,13,15H,10-12H2,1H3. The molecule has 0 spiro atoms. The van der Waals surface area contributed by atoms with E-state index in [4.69, 9.17) is 14.5 Å². The van der Waals surface area contributed by atoms with Gasteiger partial charge in [0, 0.05) is 12.8 Å². The molecule has 2 aromatic rings. The van der Waals surface area contributed by atoms with Crippen molar-refractivity contribution < 1.29 is 9.47 Å². The monoisotopic (exact) mass is 309 g/mol. The number of morpholine rings is 1. The first-order chi connectivity index (χ1) is 11.3. The Balaban J connectivity index is 1.70. The van der Waals surface area contributed by atoms with E-state index in [0.29, 0.717) is 19.0 Å². The number of benzene rings is 1. The van der Waals surface area contributed by atoms with E-state index in [-0.39, 0.29) is 12.1 Å². The third-order valence-electron chi connectivity index (χ3n) is 4.20. The summed E-state index contributed by atoms with van der Waals surface area (Å²) in [6.07, 6.45) is 1.92. The summed E-state index contributed by atoms with van der Waals surface area (Å²) in [6, 6.07) is 14.5. The van der Waals surface area contributed by atoms with Gasteiger partial charge in [-0.2, -0.15) is 0 Å². The van der Waals surface area contributed by atoms with E-state index in [2.05, 4.69) is 41.1 Å². The summed E-state index contributed by atoms with van der Waals surface area (Å²) in [4.78, 5) is 11.3. The van der Waals surface area contributed by atoms with E-state index in [1.807, 2.05) is 18.2 Å².